The van der Waals surface area contributed by atoms with Crippen LogP contribution in [0, 0.1) is 0 Å². The molecule has 5 aromatic rings. The van der Waals surface area contributed by atoms with Crippen molar-refractivity contribution in [3.8, 4) is 11.1 Å². The van der Waals surface area contributed by atoms with E-state index >= 15 is 0 Å². The minimum absolute atomic E-state index is 0.0506. The number of fused-ring (bicyclic) bond motifs is 3. The molecule has 14 heteroatoms. The number of primary amides is 1. The lowest BCUT2D eigenvalue weighted by atomic mass is 10.0. The summed E-state index contributed by atoms with van der Waals surface area (Å²) in [4.78, 5) is 65.1. The van der Waals surface area contributed by atoms with E-state index in [1.54, 1.807) is 19.3 Å². The van der Waals surface area contributed by atoms with Crippen LogP contribution in [0.2, 0.25) is 5.02 Å². The Morgan fingerprint density at radius 3 is 2.48 bits per heavy atom. The Bertz CT molecular complexity index is 2180. The maximum Gasteiger partial charge on any atom is 0.245 e. The Morgan fingerprint density at radius 1 is 0.911 bits per heavy atom. The number of H-pyrrole nitrogens is 1. The number of nitrogens with two attached hydrogens (primary N) is 2. The highest BCUT2D eigenvalue weighted by Gasteiger charge is 2.34. The second-order valence-electron chi connectivity index (χ2n) is 13.9. The molecule has 1 aliphatic heterocycles. The van der Waals surface area contributed by atoms with Crippen LogP contribution < -0.4 is 27.4 Å². The molecule has 0 spiro atoms. The average molecular weight is 795 g/mol. The van der Waals surface area contributed by atoms with Gasteiger partial charge in [0.1, 0.15) is 17.1 Å². The molecule has 0 radical (unpaired) electrons. The standard InChI is InChI=1S/C42H47ClN8O4S/c1-51-36(22-29-24-47-33-14-6-5-13-31(29)33)40(54)49-25-30-20-28(26-10-3-2-4-11-26)21-32(43)38(30)56-41-27(12-9-19-46-41)23-48-34(16-17-37(45)52)39(53)50-35(42(51)55)15-7-8-18-44/h2-6,9-14,19-21,24,34-36,47-48H,7-8,15-18,22-23,25,44H2,1H3,(H2,45,52)(H,49,54)(H,50,53)/t34-,35-,36-/m0/s1. The van der Waals surface area contributed by atoms with Crippen molar-refractivity contribution >= 4 is 57.9 Å². The highest BCUT2D eigenvalue weighted by Crippen LogP contribution is 2.40. The predicted molar refractivity (Wildman–Crippen MR) is 220 cm³/mol. The molecule has 0 saturated carbocycles. The molecule has 2 aromatic heterocycles. The molecule has 0 unspecified atom stereocenters. The molecule has 3 atom stereocenters. The minimum Gasteiger partial charge on any atom is -0.370 e. The first kappa shape index (κ1) is 40.5. The van der Waals surface area contributed by atoms with Gasteiger partial charge in [0.05, 0.1) is 11.1 Å². The van der Waals surface area contributed by atoms with Crippen molar-refractivity contribution in [3.05, 3.63) is 113 Å². The summed E-state index contributed by atoms with van der Waals surface area (Å²) in [5, 5.41) is 11.5. The number of para-hydroxylation sites is 1. The molecule has 0 fully saturated rings. The Kier molecular flexibility index (Phi) is 13.8. The van der Waals surface area contributed by atoms with Crippen LogP contribution in [-0.2, 0) is 38.7 Å². The average Bonchev–Trinajstić information content (AvgIpc) is 3.62. The van der Waals surface area contributed by atoms with E-state index in [4.69, 9.17) is 23.1 Å². The number of unbranched alkanes of at least 4 members (excludes halogenated alkanes) is 1. The van der Waals surface area contributed by atoms with Crippen LogP contribution in [0.5, 0.6) is 0 Å². The number of pyridine rings is 1. The molecule has 0 bridgehead atoms. The Labute approximate surface area is 335 Å². The van der Waals surface area contributed by atoms with Crippen LogP contribution in [0.4, 0.5) is 0 Å². The summed E-state index contributed by atoms with van der Waals surface area (Å²) >= 11 is 8.45. The van der Waals surface area contributed by atoms with E-state index < -0.39 is 35.8 Å². The maximum atomic E-state index is 14.5. The smallest absolute Gasteiger partial charge is 0.245 e. The van der Waals surface area contributed by atoms with Gasteiger partial charge in [-0.2, -0.15) is 0 Å². The van der Waals surface area contributed by atoms with Gasteiger partial charge < -0.3 is 37.3 Å². The fourth-order valence-corrected chi connectivity index (χ4v) is 8.27. The minimum atomic E-state index is -0.969. The molecular weight excluding hydrogens is 748 g/mol. The fourth-order valence-electron chi connectivity index (χ4n) is 6.92. The first-order valence-corrected chi connectivity index (χ1v) is 19.9. The monoisotopic (exact) mass is 794 g/mol. The normalized spacial score (nSPS) is 18.4. The highest BCUT2D eigenvalue weighted by atomic mass is 35.5. The van der Waals surface area contributed by atoms with Crippen LogP contribution in [-0.4, -0.2) is 70.2 Å². The van der Waals surface area contributed by atoms with Crippen LogP contribution >= 0.6 is 23.4 Å². The molecule has 4 amide bonds. The second kappa shape index (κ2) is 19.1. The highest BCUT2D eigenvalue weighted by molar-refractivity contribution is 7.99. The van der Waals surface area contributed by atoms with Gasteiger partial charge >= 0.3 is 0 Å². The van der Waals surface area contributed by atoms with Gasteiger partial charge in [0.25, 0.3) is 0 Å². The lowest BCUT2D eigenvalue weighted by Crippen LogP contribution is -2.57. The molecule has 1 aliphatic rings. The maximum absolute atomic E-state index is 14.5. The fraction of sp³-hybridized carbons (Fsp3) is 0.310. The van der Waals surface area contributed by atoms with Gasteiger partial charge in [-0.25, -0.2) is 4.98 Å². The molecule has 0 aliphatic carbocycles. The molecule has 3 aromatic carbocycles. The van der Waals surface area contributed by atoms with Gasteiger partial charge in [0, 0.05) is 61.2 Å². The third-order valence-corrected chi connectivity index (χ3v) is 11.7. The van der Waals surface area contributed by atoms with Crippen molar-refractivity contribution in [2.45, 2.75) is 79.7 Å². The molecule has 6 rings (SSSR count). The van der Waals surface area contributed by atoms with Crippen LogP contribution in [0.3, 0.4) is 0 Å². The van der Waals surface area contributed by atoms with E-state index in [0.29, 0.717) is 40.8 Å². The third kappa shape index (κ3) is 9.96. The number of hydrogen-bond donors (Lipinski definition) is 6. The van der Waals surface area contributed by atoms with E-state index in [0.717, 1.165) is 38.7 Å². The number of nitrogens with one attached hydrogen (secondary N) is 4. The number of rotatable bonds is 10. The van der Waals surface area contributed by atoms with Crippen molar-refractivity contribution in [2.75, 3.05) is 13.6 Å². The number of carbonyl (C=O) groups is 4. The number of aromatic amines is 1. The van der Waals surface area contributed by atoms with Gasteiger partial charge in [-0.15, -0.1) is 0 Å². The predicted octanol–water partition coefficient (Wildman–Crippen LogP) is 5.07. The van der Waals surface area contributed by atoms with Gasteiger partial charge in [-0.3, -0.25) is 19.2 Å². The van der Waals surface area contributed by atoms with Crippen molar-refractivity contribution in [3.63, 3.8) is 0 Å². The van der Waals surface area contributed by atoms with E-state index in [1.807, 2.05) is 79.0 Å². The topological polar surface area (TPSA) is 188 Å². The third-order valence-electron chi connectivity index (χ3n) is 10.0. The zero-order valence-corrected chi connectivity index (χ0v) is 32.8. The largest absolute Gasteiger partial charge is 0.370 e. The lowest BCUT2D eigenvalue weighted by molar-refractivity contribution is -0.142. The zero-order chi connectivity index (χ0) is 39.6. The first-order valence-electron chi connectivity index (χ1n) is 18.7. The number of halogens is 1. The van der Waals surface area contributed by atoms with E-state index in [1.165, 1.54) is 16.7 Å². The van der Waals surface area contributed by atoms with E-state index in [9.17, 15) is 19.2 Å². The molecule has 3 heterocycles. The summed E-state index contributed by atoms with van der Waals surface area (Å²) in [5.74, 6) is -1.82. The number of amides is 4. The number of nitrogens with zero attached hydrogens (tertiary/aromatic N) is 2. The van der Waals surface area contributed by atoms with Crippen molar-refractivity contribution in [2.24, 2.45) is 11.5 Å². The number of likely N-dealkylation sites (N-methyl/N-ethyl adjacent to an activating group) is 1. The Morgan fingerprint density at radius 2 is 1.70 bits per heavy atom. The SMILES string of the molecule is CN1C(=O)[C@H](CCCCN)NC(=O)[C@H](CCC(N)=O)NCc2cccnc2Sc2c(Cl)cc(-c3ccccc3)cc2CNC(=O)[C@@H]1Cc1c[nH]c2ccccc12. The molecule has 8 N–H and O–H groups in total. The number of carbonyl (C=O) groups excluding carboxylic acids is 4. The molecule has 292 valence electrons. The zero-order valence-electron chi connectivity index (χ0n) is 31.2. The number of hydrogen-bond acceptors (Lipinski definition) is 8. The molecule has 12 nitrogen and oxygen atoms in total. The summed E-state index contributed by atoms with van der Waals surface area (Å²) in [6.45, 7) is 0.749. The van der Waals surface area contributed by atoms with Crippen molar-refractivity contribution < 1.29 is 19.2 Å². The summed E-state index contributed by atoms with van der Waals surface area (Å²) in [5.41, 5.74) is 16.5. The van der Waals surface area contributed by atoms with Gasteiger partial charge in [0.15, 0.2) is 0 Å². The second-order valence-corrected chi connectivity index (χ2v) is 15.3. The number of benzene rings is 3. The first-order chi connectivity index (χ1) is 27.1. The lowest BCUT2D eigenvalue weighted by Gasteiger charge is -2.32. The van der Waals surface area contributed by atoms with Crippen molar-refractivity contribution in [1.29, 1.82) is 0 Å². The van der Waals surface area contributed by atoms with Crippen LogP contribution in [0.25, 0.3) is 22.0 Å². The Hall–Kier alpha value is -5.21. The molecular formula is C42H47ClN8O4S. The van der Waals surface area contributed by atoms with Crippen molar-refractivity contribution in [1.82, 2.24) is 30.8 Å². The summed E-state index contributed by atoms with van der Waals surface area (Å²) < 4.78 is 0. The summed E-state index contributed by atoms with van der Waals surface area (Å²) in [6.07, 6.45) is 5.30. The quantitative estimate of drug-likeness (QED) is 0.106. The van der Waals surface area contributed by atoms with Crippen LogP contribution in [0.15, 0.2) is 101 Å². The van der Waals surface area contributed by atoms with Gasteiger partial charge in [-0.1, -0.05) is 78.0 Å². The summed E-state index contributed by atoms with van der Waals surface area (Å²) in [7, 11) is 1.59. The van der Waals surface area contributed by atoms with E-state index in [2.05, 4.69) is 25.9 Å². The Balaban J connectivity index is 1.45. The summed E-state index contributed by atoms with van der Waals surface area (Å²) in [6, 6.07) is 22.4. The number of aromatic nitrogens is 2. The molecule has 56 heavy (non-hydrogen) atoms. The van der Waals surface area contributed by atoms with Gasteiger partial charge in [0.2, 0.25) is 23.6 Å². The van der Waals surface area contributed by atoms with Crippen LogP contribution in [0.1, 0.15) is 48.8 Å². The molecule has 0 saturated heterocycles. The van der Waals surface area contributed by atoms with Gasteiger partial charge in [-0.05, 0) is 84.3 Å². The van der Waals surface area contributed by atoms with E-state index in [-0.39, 0.29) is 38.3 Å².